The molecule has 0 saturated carbocycles. The number of aromatic nitrogens is 1. The Labute approximate surface area is 123 Å². The third-order valence-electron chi connectivity index (χ3n) is 3.99. The molecule has 0 amide bonds. The van der Waals surface area contributed by atoms with Crippen LogP contribution < -0.4 is 5.73 Å². The van der Waals surface area contributed by atoms with E-state index in [0.717, 1.165) is 19.4 Å². The molecule has 0 unspecified atom stereocenters. The molecule has 0 saturated heterocycles. The normalized spacial score (nSPS) is 12.6. The summed E-state index contributed by atoms with van der Waals surface area (Å²) >= 11 is 0. The van der Waals surface area contributed by atoms with Crippen LogP contribution in [0.15, 0.2) is 24.4 Å². The van der Waals surface area contributed by atoms with Crippen molar-refractivity contribution in [3.63, 3.8) is 0 Å². The molecule has 2 heteroatoms. The first-order valence-electron chi connectivity index (χ1n) is 7.68. The molecule has 2 N–H and O–H groups in total. The van der Waals surface area contributed by atoms with Gasteiger partial charge in [0.1, 0.15) is 0 Å². The fourth-order valence-corrected chi connectivity index (χ4v) is 2.71. The van der Waals surface area contributed by atoms with Crippen LogP contribution in [-0.2, 0) is 11.8 Å². The molecule has 0 spiro atoms. The average Bonchev–Trinajstić information content (AvgIpc) is 2.73. The molecule has 0 aliphatic carbocycles. The van der Waals surface area contributed by atoms with Gasteiger partial charge in [0.15, 0.2) is 0 Å². The summed E-state index contributed by atoms with van der Waals surface area (Å²) in [5, 5.41) is 1.40. The molecule has 1 heterocycles. The lowest BCUT2D eigenvalue weighted by molar-refractivity contribution is 0.590. The molecule has 20 heavy (non-hydrogen) atoms. The van der Waals surface area contributed by atoms with Crippen LogP contribution in [0.4, 0.5) is 0 Å². The maximum atomic E-state index is 5.68. The van der Waals surface area contributed by atoms with Gasteiger partial charge < -0.3 is 10.3 Å². The van der Waals surface area contributed by atoms with Gasteiger partial charge in [-0.15, -0.1) is 0 Å². The number of rotatable bonds is 4. The van der Waals surface area contributed by atoms with Crippen molar-refractivity contribution >= 4 is 10.9 Å². The topological polar surface area (TPSA) is 30.9 Å². The molecule has 0 atom stereocenters. The monoisotopic (exact) mass is 272 g/mol. The molecule has 0 aliphatic heterocycles. The number of nitrogens with zero attached hydrogens (tertiary/aromatic N) is 1. The largest absolute Gasteiger partial charge is 0.345 e. The number of hydrogen-bond acceptors (Lipinski definition) is 1. The molecule has 0 fully saturated rings. The zero-order valence-corrected chi connectivity index (χ0v) is 13.5. The molecule has 2 rings (SSSR count). The second kappa shape index (κ2) is 5.61. The van der Waals surface area contributed by atoms with E-state index < -0.39 is 0 Å². The van der Waals surface area contributed by atoms with Gasteiger partial charge in [0.25, 0.3) is 0 Å². The summed E-state index contributed by atoms with van der Waals surface area (Å²) in [5.74, 6) is 0. The number of nitrogens with two attached hydrogens (primary N) is 1. The molecule has 0 radical (unpaired) electrons. The van der Waals surface area contributed by atoms with Crippen molar-refractivity contribution in [2.24, 2.45) is 5.73 Å². The molecule has 110 valence electrons. The first-order chi connectivity index (χ1) is 9.34. The van der Waals surface area contributed by atoms with Gasteiger partial charge in [0.05, 0.1) is 0 Å². The zero-order valence-electron chi connectivity index (χ0n) is 13.5. The molecule has 1 aromatic heterocycles. The zero-order chi connectivity index (χ0) is 14.9. The van der Waals surface area contributed by atoms with E-state index in [-0.39, 0.29) is 5.41 Å². The van der Waals surface area contributed by atoms with Crippen molar-refractivity contribution in [3.8, 4) is 0 Å². The van der Waals surface area contributed by atoms with Gasteiger partial charge in [-0.1, -0.05) is 26.8 Å². The highest BCUT2D eigenvalue weighted by Crippen LogP contribution is 2.31. The van der Waals surface area contributed by atoms with E-state index >= 15 is 0 Å². The summed E-state index contributed by atoms with van der Waals surface area (Å²) in [6, 6.07) is 7.42. The van der Waals surface area contributed by atoms with Crippen LogP contribution in [0.3, 0.4) is 0 Å². The Morgan fingerprint density at radius 3 is 2.45 bits per heavy atom. The Balaban J connectivity index is 2.58. The highest BCUT2D eigenvalue weighted by molar-refractivity contribution is 5.85. The molecular weight excluding hydrogens is 244 g/mol. The smallest absolute Gasteiger partial charge is 0.0485 e. The number of fused-ring (bicyclic) bond motifs is 1. The van der Waals surface area contributed by atoms with E-state index in [0.29, 0.717) is 6.04 Å². The van der Waals surface area contributed by atoms with Crippen LogP contribution >= 0.6 is 0 Å². The summed E-state index contributed by atoms with van der Waals surface area (Å²) in [6.45, 7) is 12.1. The van der Waals surface area contributed by atoms with Crippen molar-refractivity contribution in [2.45, 2.75) is 58.9 Å². The second-order valence-electron chi connectivity index (χ2n) is 7.03. The lowest BCUT2D eigenvalue weighted by Gasteiger charge is -2.19. The maximum Gasteiger partial charge on any atom is 0.0485 e. The summed E-state index contributed by atoms with van der Waals surface area (Å²) in [4.78, 5) is 0. The standard InChI is InChI=1S/C18H28N2/c1-13(2)20-12-14(7-6-10-19)16-11-15(18(3,4)5)8-9-17(16)20/h8-9,11-13H,6-7,10,19H2,1-5H3. The second-order valence-corrected chi connectivity index (χ2v) is 7.03. The van der Waals surface area contributed by atoms with Crippen molar-refractivity contribution in [1.82, 2.24) is 4.57 Å². The van der Waals surface area contributed by atoms with Gasteiger partial charge >= 0.3 is 0 Å². The Bertz CT molecular complexity index is 585. The van der Waals surface area contributed by atoms with Crippen LogP contribution in [0.5, 0.6) is 0 Å². The maximum absolute atomic E-state index is 5.68. The minimum Gasteiger partial charge on any atom is -0.345 e. The molecule has 2 nitrogen and oxygen atoms in total. The van der Waals surface area contributed by atoms with Crippen LogP contribution in [0.2, 0.25) is 0 Å². The SMILES string of the molecule is CC(C)n1cc(CCCN)c2cc(C(C)(C)C)ccc21. The van der Waals surface area contributed by atoms with Gasteiger partial charge in [-0.3, -0.25) is 0 Å². The predicted octanol–water partition coefficient (Wildman–Crippen LogP) is 4.41. The Hall–Kier alpha value is -1.28. The summed E-state index contributed by atoms with van der Waals surface area (Å²) < 4.78 is 2.38. The van der Waals surface area contributed by atoms with Crippen molar-refractivity contribution in [1.29, 1.82) is 0 Å². The van der Waals surface area contributed by atoms with E-state index in [1.54, 1.807) is 0 Å². The quantitative estimate of drug-likeness (QED) is 0.878. The number of aryl methyl sites for hydroxylation is 1. The van der Waals surface area contributed by atoms with E-state index in [1.165, 1.54) is 22.0 Å². The first kappa shape index (κ1) is 15.1. The minimum absolute atomic E-state index is 0.194. The number of benzene rings is 1. The van der Waals surface area contributed by atoms with Gasteiger partial charge in [0, 0.05) is 23.1 Å². The molecule has 2 aromatic rings. The van der Waals surface area contributed by atoms with Crippen LogP contribution in [-0.4, -0.2) is 11.1 Å². The molecule has 0 bridgehead atoms. The first-order valence-corrected chi connectivity index (χ1v) is 7.68. The summed E-state index contributed by atoms with van der Waals surface area (Å²) in [5.41, 5.74) is 10.1. The summed E-state index contributed by atoms with van der Waals surface area (Å²) in [6.07, 6.45) is 4.44. The third-order valence-corrected chi connectivity index (χ3v) is 3.99. The van der Waals surface area contributed by atoms with Crippen LogP contribution in [0.25, 0.3) is 10.9 Å². The van der Waals surface area contributed by atoms with Gasteiger partial charge in [-0.25, -0.2) is 0 Å². The lowest BCUT2D eigenvalue weighted by Crippen LogP contribution is -2.10. The highest BCUT2D eigenvalue weighted by Gasteiger charge is 2.17. The van der Waals surface area contributed by atoms with Gasteiger partial charge in [-0.05, 0) is 61.9 Å². The predicted molar refractivity (Wildman–Crippen MR) is 88.4 cm³/mol. The highest BCUT2D eigenvalue weighted by atomic mass is 15.0. The molecule has 0 aliphatic rings. The van der Waals surface area contributed by atoms with E-state index in [9.17, 15) is 0 Å². The molecule has 1 aromatic carbocycles. The van der Waals surface area contributed by atoms with Crippen molar-refractivity contribution in [3.05, 3.63) is 35.5 Å². The van der Waals surface area contributed by atoms with E-state index in [2.05, 4.69) is 63.6 Å². The van der Waals surface area contributed by atoms with E-state index in [4.69, 9.17) is 5.73 Å². The minimum atomic E-state index is 0.194. The Morgan fingerprint density at radius 1 is 1.20 bits per heavy atom. The van der Waals surface area contributed by atoms with Gasteiger partial charge in [-0.2, -0.15) is 0 Å². The van der Waals surface area contributed by atoms with Crippen LogP contribution in [0, 0.1) is 0 Å². The molecular formula is C18H28N2. The number of hydrogen-bond donors (Lipinski definition) is 1. The van der Waals surface area contributed by atoms with Crippen molar-refractivity contribution < 1.29 is 0 Å². The Morgan fingerprint density at radius 2 is 1.90 bits per heavy atom. The fraction of sp³-hybridized carbons (Fsp3) is 0.556. The Kier molecular flexibility index (Phi) is 4.24. The van der Waals surface area contributed by atoms with Crippen molar-refractivity contribution in [2.75, 3.05) is 6.54 Å². The van der Waals surface area contributed by atoms with Crippen LogP contribution in [0.1, 0.15) is 58.2 Å². The lowest BCUT2D eigenvalue weighted by atomic mass is 9.86. The van der Waals surface area contributed by atoms with Gasteiger partial charge in [0.2, 0.25) is 0 Å². The van der Waals surface area contributed by atoms with E-state index in [1.807, 2.05) is 0 Å². The summed E-state index contributed by atoms with van der Waals surface area (Å²) in [7, 11) is 0. The third kappa shape index (κ3) is 2.90. The average molecular weight is 272 g/mol. The fourth-order valence-electron chi connectivity index (χ4n) is 2.71.